The van der Waals surface area contributed by atoms with Gasteiger partial charge in [0.25, 0.3) is 0 Å². The van der Waals surface area contributed by atoms with E-state index in [9.17, 15) is 5.11 Å². The lowest BCUT2D eigenvalue weighted by Gasteiger charge is -2.20. The SMILES string of the molecule is C[C@H](O)c1cccnc1N1CCCC1. The Kier molecular flexibility index (Phi) is 2.68. The van der Waals surface area contributed by atoms with Gasteiger partial charge in [0, 0.05) is 24.8 Å². The minimum atomic E-state index is -0.431. The summed E-state index contributed by atoms with van der Waals surface area (Å²) in [6, 6.07) is 3.83. The third-order valence-corrected chi connectivity index (χ3v) is 2.67. The Bertz CT molecular complexity index is 306. The molecule has 1 N–H and O–H groups in total. The lowest BCUT2D eigenvalue weighted by Crippen LogP contribution is -2.21. The molecule has 3 nitrogen and oxygen atoms in total. The van der Waals surface area contributed by atoms with Crippen LogP contribution in [-0.2, 0) is 0 Å². The summed E-state index contributed by atoms with van der Waals surface area (Å²) in [5, 5.41) is 9.60. The predicted molar refractivity (Wildman–Crippen MR) is 56.3 cm³/mol. The van der Waals surface area contributed by atoms with E-state index in [1.807, 2.05) is 12.1 Å². The molecule has 1 aromatic rings. The molecule has 1 aliphatic heterocycles. The Labute approximate surface area is 84.4 Å². The first-order valence-electron chi connectivity index (χ1n) is 5.17. The Hall–Kier alpha value is -1.09. The maximum absolute atomic E-state index is 9.60. The molecule has 3 heteroatoms. The highest BCUT2D eigenvalue weighted by Gasteiger charge is 2.18. The van der Waals surface area contributed by atoms with Gasteiger partial charge in [0.05, 0.1) is 6.10 Å². The van der Waals surface area contributed by atoms with Crippen LogP contribution in [0.1, 0.15) is 31.4 Å². The van der Waals surface area contributed by atoms with Crippen molar-refractivity contribution in [3.8, 4) is 0 Å². The molecule has 1 aliphatic rings. The molecule has 1 atom stereocenters. The molecule has 2 rings (SSSR count). The fraction of sp³-hybridized carbons (Fsp3) is 0.545. The van der Waals surface area contributed by atoms with Crippen molar-refractivity contribution in [1.29, 1.82) is 0 Å². The number of aliphatic hydroxyl groups excluding tert-OH is 1. The normalized spacial score (nSPS) is 18.6. The van der Waals surface area contributed by atoms with Crippen molar-refractivity contribution < 1.29 is 5.11 Å². The number of aliphatic hydroxyl groups is 1. The van der Waals surface area contributed by atoms with E-state index in [0.717, 1.165) is 24.5 Å². The lowest BCUT2D eigenvalue weighted by molar-refractivity contribution is 0.199. The van der Waals surface area contributed by atoms with Gasteiger partial charge in [-0.15, -0.1) is 0 Å². The molecule has 76 valence electrons. The molecule has 0 unspecified atom stereocenters. The first-order valence-corrected chi connectivity index (χ1v) is 5.17. The zero-order chi connectivity index (χ0) is 9.97. The van der Waals surface area contributed by atoms with Gasteiger partial charge in [-0.2, -0.15) is 0 Å². The molecule has 0 amide bonds. The van der Waals surface area contributed by atoms with Crippen molar-refractivity contribution in [1.82, 2.24) is 4.98 Å². The molecule has 1 fully saturated rings. The van der Waals surface area contributed by atoms with Crippen molar-refractivity contribution in [2.45, 2.75) is 25.9 Å². The van der Waals surface area contributed by atoms with Gasteiger partial charge in [-0.1, -0.05) is 6.07 Å². The average Bonchev–Trinajstić information content (AvgIpc) is 2.70. The topological polar surface area (TPSA) is 36.4 Å². The Morgan fingerprint density at radius 3 is 2.79 bits per heavy atom. The number of pyridine rings is 1. The summed E-state index contributed by atoms with van der Waals surface area (Å²) in [7, 11) is 0. The second-order valence-corrected chi connectivity index (χ2v) is 3.79. The summed E-state index contributed by atoms with van der Waals surface area (Å²) < 4.78 is 0. The van der Waals surface area contributed by atoms with Crippen LogP contribution in [0.3, 0.4) is 0 Å². The largest absolute Gasteiger partial charge is 0.389 e. The highest BCUT2D eigenvalue weighted by molar-refractivity contribution is 5.48. The fourth-order valence-corrected chi connectivity index (χ4v) is 1.93. The van der Waals surface area contributed by atoms with Gasteiger partial charge in [0.1, 0.15) is 5.82 Å². The molecular formula is C11H16N2O. The number of nitrogens with zero attached hydrogens (tertiary/aromatic N) is 2. The van der Waals surface area contributed by atoms with Gasteiger partial charge in [0.15, 0.2) is 0 Å². The summed E-state index contributed by atoms with van der Waals surface area (Å²) in [4.78, 5) is 6.60. The van der Waals surface area contributed by atoms with Gasteiger partial charge in [-0.25, -0.2) is 4.98 Å². The van der Waals surface area contributed by atoms with Gasteiger partial charge in [-0.3, -0.25) is 0 Å². The number of anilines is 1. The monoisotopic (exact) mass is 192 g/mol. The van der Waals surface area contributed by atoms with E-state index in [1.54, 1.807) is 13.1 Å². The zero-order valence-corrected chi connectivity index (χ0v) is 8.48. The van der Waals surface area contributed by atoms with Crippen molar-refractivity contribution in [2.24, 2.45) is 0 Å². The molecule has 0 radical (unpaired) electrons. The Morgan fingerprint density at radius 1 is 1.43 bits per heavy atom. The van der Waals surface area contributed by atoms with Gasteiger partial charge in [0.2, 0.25) is 0 Å². The van der Waals surface area contributed by atoms with E-state index >= 15 is 0 Å². The highest BCUT2D eigenvalue weighted by Crippen LogP contribution is 2.26. The van der Waals surface area contributed by atoms with Crippen molar-refractivity contribution >= 4 is 5.82 Å². The van der Waals surface area contributed by atoms with E-state index in [0.29, 0.717) is 0 Å². The van der Waals surface area contributed by atoms with E-state index in [4.69, 9.17) is 0 Å². The van der Waals surface area contributed by atoms with Crippen LogP contribution in [0, 0.1) is 0 Å². The first-order chi connectivity index (χ1) is 6.79. The van der Waals surface area contributed by atoms with Gasteiger partial charge >= 0.3 is 0 Å². The third-order valence-electron chi connectivity index (χ3n) is 2.67. The summed E-state index contributed by atoms with van der Waals surface area (Å²) in [5.41, 5.74) is 0.939. The van der Waals surface area contributed by atoms with Crippen LogP contribution >= 0.6 is 0 Å². The van der Waals surface area contributed by atoms with E-state index < -0.39 is 6.10 Å². The predicted octanol–water partition coefficient (Wildman–Crippen LogP) is 1.74. The van der Waals surface area contributed by atoms with Crippen molar-refractivity contribution in [3.63, 3.8) is 0 Å². The quantitative estimate of drug-likeness (QED) is 0.775. The molecule has 14 heavy (non-hydrogen) atoms. The second kappa shape index (κ2) is 3.96. The van der Waals surface area contributed by atoms with Crippen molar-refractivity contribution in [3.05, 3.63) is 23.9 Å². The highest BCUT2D eigenvalue weighted by atomic mass is 16.3. The third kappa shape index (κ3) is 1.73. The molecule has 0 spiro atoms. The average molecular weight is 192 g/mol. The Balaban J connectivity index is 2.30. The van der Waals surface area contributed by atoms with Crippen LogP contribution in [0.4, 0.5) is 5.82 Å². The molecule has 0 saturated carbocycles. The van der Waals surface area contributed by atoms with E-state index in [1.165, 1.54) is 12.8 Å². The summed E-state index contributed by atoms with van der Waals surface area (Å²) in [6.45, 7) is 3.92. The Morgan fingerprint density at radius 2 is 2.14 bits per heavy atom. The molecule has 1 saturated heterocycles. The van der Waals surface area contributed by atoms with Gasteiger partial charge < -0.3 is 10.0 Å². The maximum atomic E-state index is 9.60. The maximum Gasteiger partial charge on any atom is 0.134 e. The summed E-state index contributed by atoms with van der Waals surface area (Å²) in [5.74, 6) is 0.958. The second-order valence-electron chi connectivity index (χ2n) is 3.79. The smallest absolute Gasteiger partial charge is 0.134 e. The molecule has 0 aliphatic carbocycles. The minimum Gasteiger partial charge on any atom is -0.389 e. The number of hydrogen-bond acceptors (Lipinski definition) is 3. The van der Waals surface area contributed by atoms with Crippen LogP contribution in [0.2, 0.25) is 0 Å². The first kappa shape index (κ1) is 9.46. The van der Waals surface area contributed by atoms with E-state index in [-0.39, 0.29) is 0 Å². The van der Waals surface area contributed by atoms with Crippen LogP contribution in [0.15, 0.2) is 18.3 Å². The molecule has 0 bridgehead atoms. The minimum absolute atomic E-state index is 0.431. The van der Waals surface area contributed by atoms with Crippen LogP contribution in [0.25, 0.3) is 0 Å². The molecule has 2 heterocycles. The number of aromatic nitrogens is 1. The van der Waals surface area contributed by atoms with Gasteiger partial charge in [-0.05, 0) is 25.8 Å². The van der Waals surface area contributed by atoms with Crippen LogP contribution in [-0.4, -0.2) is 23.2 Å². The molecule has 1 aromatic heterocycles. The standard InChI is InChI=1S/C11H16N2O/c1-9(14)10-5-4-6-12-11(10)13-7-2-3-8-13/h4-6,9,14H,2-3,7-8H2,1H3/t9-/m0/s1. The molecular weight excluding hydrogens is 176 g/mol. The number of hydrogen-bond donors (Lipinski definition) is 1. The summed E-state index contributed by atoms with van der Waals surface area (Å²) >= 11 is 0. The van der Waals surface area contributed by atoms with Crippen LogP contribution < -0.4 is 4.90 Å². The summed E-state index contributed by atoms with van der Waals surface area (Å²) in [6.07, 6.45) is 3.82. The van der Waals surface area contributed by atoms with Crippen molar-refractivity contribution in [2.75, 3.05) is 18.0 Å². The zero-order valence-electron chi connectivity index (χ0n) is 8.48. The molecule has 0 aromatic carbocycles. The number of rotatable bonds is 2. The van der Waals surface area contributed by atoms with E-state index in [2.05, 4.69) is 9.88 Å². The fourth-order valence-electron chi connectivity index (χ4n) is 1.93. The lowest BCUT2D eigenvalue weighted by atomic mass is 10.1. The van der Waals surface area contributed by atoms with Crippen LogP contribution in [0.5, 0.6) is 0 Å².